The van der Waals surface area contributed by atoms with Crippen LogP contribution >= 0.6 is 0 Å². The van der Waals surface area contributed by atoms with E-state index in [1.165, 1.54) is 6.07 Å². The maximum Gasteiger partial charge on any atom is 0.322 e. The highest BCUT2D eigenvalue weighted by Crippen LogP contribution is 2.22. The Labute approximate surface area is 189 Å². The summed E-state index contributed by atoms with van der Waals surface area (Å²) in [5.41, 5.74) is 2.59. The number of urea groups is 1. The number of hydrogen-bond donors (Lipinski definition) is 1. The highest BCUT2D eigenvalue weighted by atomic mass is 19.1. The van der Waals surface area contributed by atoms with Gasteiger partial charge in [0.25, 0.3) is 0 Å². The molecule has 3 heterocycles. The van der Waals surface area contributed by atoms with Gasteiger partial charge in [-0.2, -0.15) is 0 Å². The van der Waals surface area contributed by atoms with Crippen LogP contribution in [0.4, 0.5) is 19.3 Å². The highest BCUT2D eigenvalue weighted by molar-refractivity contribution is 5.89. The number of hydrogen-bond acceptors (Lipinski definition) is 4. The molecule has 2 aromatic heterocycles. The Morgan fingerprint density at radius 2 is 1.76 bits per heavy atom. The van der Waals surface area contributed by atoms with Crippen LogP contribution in [0, 0.1) is 11.6 Å². The lowest BCUT2D eigenvalue weighted by Gasteiger charge is -2.34. The molecule has 2 aromatic carbocycles. The van der Waals surface area contributed by atoms with Crippen LogP contribution in [-0.2, 0) is 6.54 Å². The first-order chi connectivity index (χ1) is 16.1. The van der Waals surface area contributed by atoms with Crippen molar-refractivity contribution in [3.8, 4) is 5.69 Å². The minimum atomic E-state index is -0.796. The largest absolute Gasteiger partial charge is 0.322 e. The van der Waals surface area contributed by atoms with Crippen LogP contribution in [0.5, 0.6) is 0 Å². The van der Waals surface area contributed by atoms with Gasteiger partial charge in [0.05, 0.1) is 12.2 Å². The van der Waals surface area contributed by atoms with Crippen LogP contribution in [-0.4, -0.2) is 56.5 Å². The summed E-state index contributed by atoms with van der Waals surface area (Å²) in [6, 6.07) is 16.5. The number of nitrogens with one attached hydrogen (secondary N) is 1. The lowest BCUT2D eigenvalue weighted by molar-refractivity contribution is 0.140. The molecule has 33 heavy (non-hydrogen) atoms. The molecule has 0 atom stereocenters. The van der Waals surface area contributed by atoms with Gasteiger partial charge in [0.2, 0.25) is 0 Å². The van der Waals surface area contributed by atoms with Crippen LogP contribution in [0.2, 0.25) is 0 Å². The number of anilines is 1. The second-order valence-corrected chi connectivity index (χ2v) is 7.86. The normalized spacial score (nSPS) is 14.5. The number of halogens is 2. The van der Waals surface area contributed by atoms with Gasteiger partial charge in [-0.3, -0.25) is 9.47 Å². The molecule has 0 saturated carbocycles. The Hall–Kier alpha value is -3.85. The molecular formula is C24H22F2N6O. The second kappa shape index (κ2) is 8.95. The van der Waals surface area contributed by atoms with Crippen molar-refractivity contribution in [3.05, 3.63) is 84.3 Å². The van der Waals surface area contributed by atoms with Crippen molar-refractivity contribution < 1.29 is 13.6 Å². The maximum atomic E-state index is 13.9. The minimum Gasteiger partial charge on any atom is -0.322 e. The zero-order valence-electron chi connectivity index (χ0n) is 17.8. The van der Waals surface area contributed by atoms with Gasteiger partial charge in [-0.25, -0.2) is 23.5 Å². The van der Waals surface area contributed by atoms with Crippen LogP contribution < -0.4 is 5.32 Å². The predicted octanol–water partition coefficient (Wildman–Crippen LogP) is 4.05. The highest BCUT2D eigenvalue weighted by Gasteiger charge is 2.24. The van der Waals surface area contributed by atoms with Gasteiger partial charge < -0.3 is 10.2 Å². The first-order valence-corrected chi connectivity index (χ1v) is 10.7. The summed E-state index contributed by atoms with van der Waals surface area (Å²) in [6.45, 7) is 2.86. The Kier molecular flexibility index (Phi) is 5.70. The molecule has 1 aliphatic heterocycles. The molecule has 1 fully saturated rings. The summed E-state index contributed by atoms with van der Waals surface area (Å²) in [6.07, 6.45) is 1.76. The number of nitrogens with zero attached hydrogens (tertiary/aromatic N) is 5. The number of rotatable bonds is 4. The first kappa shape index (κ1) is 21.0. The molecule has 0 aliphatic carbocycles. The van der Waals surface area contributed by atoms with E-state index in [9.17, 15) is 13.6 Å². The molecular weight excluding hydrogens is 426 g/mol. The van der Waals surface area contributed by atoms with Gasteiger partial charge in [-0.05, 0) is 36.4 Å². The summed E-state index contributed by atoms with van der Waals surface area (Å²) >= 11 is 0. The molecule has 4 aromatic rings. The first-order valence-electron chi connectivity index (χ1n) is 10.7. The SMILES string of the molecule is O=C(Nc1ccc(F)cc1F)N1CCN(Cc2nc3cccnc3n2-c2ccccc2)CC1. The topological polar surface area (TPSA) is 66.3 Å². The third-order valence-corrected chi connectivity index (χ3v) is 5.70. The van der Waals surface area contributed by atoms with Crippen LogP contribution in [0.3, 0.4) is 0 Å². The van der Waals surface area contributed by atoms with Crippen molar-refractivity contribution >= 4 is 22.9 Å². The van der Waals surface area contributed by atoms with E-state index in [-0.39, 0.29) is 5.69 Å². The fourth-order valence-corrected chi connectivity index (χ4v) is 4.01. The molecule has 0 unspecified atom stereocenters. The molecule has 1 saturated heterocycles. The monoisotopic (exact) mass is 448 g/mol. The lowest BCUT2D eigenvalue weighted by atomic mass is 10.3. The molecule has 7 nitrogen and oxygen atoms in total. The van der Waals surface area contributed by atoms with Gasteiger partial charge >= 0.3 is 6.03 Å². The Morgan fingerprint density at radius 1 is 0.970 bits per heavy atom. The van der Waals surface area contributed by atoms with E-state index in [0.29, 0.717) is 32.7 Å². The van der Waals surface area contributed by atoms with Crippen molar-refractivity contribution in [2.75, 3.05) is 31.5 Å². The van der Waals surface area contributed by atoms with Gasteiger partial charge in [-0.1, -0.05) is 18.2 Å². The standard InChI is InChI=1S/C24H22F2N6O/c25-17-8-9-20(19(26)15-17)29-24(33)31-13-11-30(12-14-31)16-22-28-21-7-4-10-27-23(21)32(22)18-5-2-1-3-6-18/h1-10,15H,11-14,16H2,(H,29,33). The number of pyridine rings is 1. The van der Waals surface area contributed by atoms with Crippen LogP contribution in [0.25, 0.3) is 16.9 Å². The summed E-state index contributed by atoms with van der Waals surface area (Å²) in [5, 5.41) is 2.52. The Balaban J connectivity index is 1.27. The average Bonchev–Trinajstić information content (AvgIpc) is 3.19. The number of carbonyl (C=O) groups is 1. The van der Waals surface area contributed by atoms with Crippen LogP contribution in [0.1, 0.15) is 5.82 Å². The van der Waals surface area contributed by atoms with Gasteiger partial charge in [0.1, 0.15) is 23.0 Å². The summed E-state index contributed by atoms with van der Waals surface area (Å²) < 4.78 is 29.0. The van der Waals surface area contributed by atoms with Gasteiger partial charge in [0, 0.05) is 44.1 Å². The van der Waals surface area contributed by atoms with E-state index < -0.39 is 17.7 Å². The molecule has 9 heteroatoms. The predicted molar refractivity (Wildman–Crippen MR) is 121 cm³/mol. The number of fused-ring (bicyclic) bond motifs is 1. The third-order valence-electron chi connectivity index (χ3n) is 5.70. The van der Waals surface area contributed by atoms with E-state index in [1.54, 1.807) is 11.1 Å². The number of piperazine rings is 1. The van der Waals surface area contributed by atoms with E-state index >= 15 is 0 Å². The maximum absolute atomic E-state index is 13.9. The molecule has 1 N–H and O–H groups in total. The van der Waals surface area contributed by atoms with Crippen molar-refractivity contribution in [1.29, 1.82) is 0 Å². The lowest BCUT2D eigenvalue weighted by Crippen LogP contribution is -2.49. The van der Waals surface area contributed by atoms with E-state index in [2.05, 4.69) is 19.8 Å². The molecule has 1 aliphatic rings. The second-order valence-electron chi connectivity index (χ2n) is 7.86. The van der Waals surface area contributed by atoms with Crippen molar-refractivity contribution in [2.45, 2.75) is 6.54 Å². The number of aromatic nitrogens is 3. The summed E-state index contributed by atoms with van der Waals surface area (Å²) in [5.74, 6) is -0.604. The number of amides is 2. The van der Waals surface area contributed by atoms with E-state index in [1.807, 2.05) is 42.5 Å². The van der Waals surface area contributed by atoms with E-state index in [4.69, 9.17) is 4.98 Å². The minimum absolute atomic E-state index is 0.0343. The quantitative estimate of drug-likeness (QED) is 0.512. The summed E-state index contributed by atoms with van der Waals surface area (Å²) in [4.78, 5) is 25.7. The Bertz CT molecular complexity index is 1280. The number of imidazole rings is 1. The fourth-order valence-electron chi connectivity index (χ4n) is 4.01. The van der Waals surface area contributed by atoms with Gasteiger partial charge in [-0.15, -0.1) is 0 Å². The third kappa shape index (κ3) is 4.40. The zero-order chi connectivity index (χ0) is 22.8. The molecule has 5 rings (SSSR count). The molecule has 0 radical (unpaired) electrons. The van der Waals surface area contributed by atoms with Crippen molar-refractivity contribution in [2.24, 2.45) is 0 Å². The number of para-hydroxylation sites is 1. The number of carbonyl (C=O) groups excluding carboxylic acids is 1. The van der Waals surface area contributed by atoms with Crippen molar-refractivity contribution in [3.63, 3.8) is 0 Å². The number of benzene rings is 2. The molecule has 0 bridgehead atoms. The van der Waals surface area contributed by atoms with Gasteiger partial charge in [0.15, 0.2) is 5.65 Å². The Morgan fingerprint density at radius 3 is 2.52 bits per heavy atom. The fraction of sp³-hybridized carbons (Fsp3) is 0.208. The molecule has 168 valence electrons. The van der Waals surface area contributed by atoms with E-state index in [0.717, 1.165) is 34.8 Å². The smallest absolute Gasteiger partial charge is 0.322 e. The zero-order valence-corrected chi connectivity index (χ0v) is 17.8. The summed E-state index contributed by atoms with van der Waals surface area (Å²) in [7, 11) is 0. The molecule has 0 spiro atoms. The molecule has 2 amide bonds. The van der Waals surface area contributed by atoms with Crippen LogP contribution in [0.15, 0.2) is 66.9 Å². The average molecular weight is 448 g/mol. The van der Waals surface area contributed by atoms with Crippen molar-refractivity contribution in [1.82, 2.24) is 24.3 Å².